The fraction of sp³-hybridized carbons (Fsp3) is 0.304. The molecule has 34 heavy (non-hydrogen) atoms. The summed E-state index contributed by atoms with van der Waals surface area (Å²) in [6.45, 7) is 0.290. The van der Waals surface area contributed by atoms with Gasteiger partial charge in [-0.25, -0.2) is 4.79 Å². The first kappa shape index (κ1) is 26.0. The van der Waals surface area contributed by atoms with Crippen LogP contribution < -0.4 is 27.8 Å². The van der Waals surface area contributed by atoms with Gasteiger partial charge in [-0.1, -0.05) is 42.5 Å². The van der Waals surface area contributed by atoms with E-state index in [-0.39, 0.29) is 37.7 Å². The fourth-order valence-electron chi connectivity index (χ4n) is 3.05. The zero-order chi connectivity index (χ0) is 24.9. The molecule has 11 heteroatoms. The molecule has 11 nitrogen and oxygen atoms in total. The van der Waals surface area contributed by atoms with Crippen molar-refractivity contribution in [3.8, 4) is 5.75 Å². The van der Waals surface area contributed by atoms with Gasteiger partial charge in [0.15, 0.2) is 5.96 Å². The molecule has 2 rings (SSSR count). The lowest BCUT2D eigenvalue weighted by Crippen LogP contribution is -2.53. The molecule has 9 N–H and O–H groups in total. The third-order valence-electron chi connectivity index (χ3n) is 4.80. The molecule has 2 unspecified atom stereocenters. The molecule has 2 atom stereocenters. The Morgan fingerprint density at radius 3 is 2.21 bits per heavy atom. The maximum atomic E-state index is 13.0. The summed E-state index contributed by atoms with van der Waals surface area (Å²) in [5.41, 5.74) is 17.4. The van der Waals surface area contributed by atoms with Crippen molar-refractivity contribution >= 4 is 23.9 Å². The number of phenolic OH excluding ortho intramolecular Hbond substituents is 1. The normalized spacial score (nSPS) is 12.1. The molecule has 2 aromatic carbocycles. The molecule has 0 saturated heterocycles. The van der Waals surface area contributed by atoms with Crippen LogP contribution in [0.15, 0.2) is 59.6 Å². The second kappa shape index (κ2) is 13.3. The Morgan fingerprint density at radius 1 is 0.912 bits per heavy atom. The molecule has 0 bridgehead atoms. The number of hydrogen-bond acceptors (Lipinski definition) is 6. The highest BCUT2D eigenvalue weighted by molar-refractivity contribution is 5.90. The SMILES string of the molecule is NC(=O)C(CCCN=C(N)N)NC(=O)C(Cc1ccc(O)cc1)NC(=O)OCc1ccccc1. The van der Waals surface area contributed by atoms with Gasteiger partial charge in [0.2, 0.25) is 11.8 Å². The maximum Gasteiger partial charge on any atom is 0.408 e. The highest BCUT2D eigenvalue weighted by Crippen LogP contribution is 2.12. The number of carbonyl (C=O) groups excluding carboxylic acids is 3. The fourth-order valence-corrected chi connectivity index (χ4v) is 3.05. The second-order valence-electron chi connectivity index (χ2n) is 7.54. The largest absolute Gasteiger partial charge is 0.508 e. The molecule has 0 aromatic heterocycles. The lowest BCUT2D eigenvalue weighted by atomic mass is 10.0. The summed E-state index contributed by atoms with van der Waals surface area (Å²) in [5, 5.41) is 14.6. The van der Waals surface area contributed by atoms with E-state index >= 15 is 0 Å². The molecule has 0 aliphatic rings. The molecule has 0 aliphatic carbocycles. The quantitative estimate of drug-likeness (QED) is 0.145. The van der Waals surface area contributed by atoms with Crippen molar-refractivity contribution in [3.05, 3.63) is 65.7 Å². The van der Waals surface area contributed by atoms with Crippen LogP contribution in [0.5, 0.6) is 5.75 Å². The first-order valence-corrected chi connectivity index (χ1v) is 10.6. The third kappa shape index (κ3) is 9.47. The van der Waals surface area contributed by atoms with E-state index in [0.717, 1.165) is 5.56 Å². The number of benzene rings is 2. The van der Waals surface area contributed by atoms with Crippen molar-refractivity contribution in [2.45, 2.75) is 38.0 Å². The number of rotatable bonds is 12. The van der Waals surface area contributed by atoms with Crippen molar-refractivity contribution in [1.82, 2.24) is 10.6 Å². The minimum atomic E-state index is -1.06. The van der Waals surface area contributed by atoms with E-state index in [1.807, 2.05) is 18.2 Å². The Hall–Kier alpha value is -4.28. The Labute approximate surface area is 197 Å². The van der Waals surface area contributed by atoms with Crippen molar-refractivity contribution in [1.29, 1.82) is 0 Å². The van der Waals surface area contributed by atoms with Crippen LogP contribution in [0.25, 0.3) is 0 Å². The average Bonchev–Trinajstić information content (AvgIpc) is 2.81. The molecular formula is C23H30N6O5. The maximum absolute atomic E-state index is 13.0. The average molecular weight is 471 g/mol. The minimum Gasteiger partial charge on any atom is -0.508 e. The summed E-state index contributed by atoms with van der Waals surface area (Å²) in [7, 11) is 0. The first-order chi connectivity index (χ1) is 16.2. The number of primary amides is 1. The van der Waals surface area contributed by atoms with E-state index in [4.69, 9.17) is 21.9 Å². The van der Waals surface area contributed by atoms with E-state index < -0.39 is 30.0 Å². The van der Waals surface area contributed by atoms with Gasteiger partial charge in [-0.15, -0.1) is 0 Å². The molecule has 0 aliphatic heterocycles. The number of phenols is 1. The van der Waals surface area contributed by atoms with E-state index in [1.165, 1.54) is 12.1 Å². The van der Waals surface area contributed by atoms with Crippen LogP contribution >= 0.6 is 0 Å². The van der Waals surface area contributed by atoms with Gasteiger partial charge in [-0.3, -0.25) is 14.6 Å². The van der Waals surface area contributed by atoms with Gasteiger partial charge in [0.1, 0.15) is 24.4 Å². The van der Waals surface area contributed by atoms with Crippen molar-refractivity contribution < 1.29 is 24.2 Å². The Kier molecular flexibility index (Phi) is 10.2. The lowest BCUT2D eigenvalue weighted by molar-refractivity contribution is -0.128. The second-order valence-corrected chi connectivity index (χ2v) is 7.54. The summed E-state index contributed by atoms with van der Waals surface area (Å²) in [6.07, 6.45) is -0.0962. The first-order valence-electron chi connectivity index (χ1n) is 10.6. The Balaban J connectivity index is 2.05. The predicted molar refractivity (Wildman–Crippen MR) is 126 cm³/mol. The van der Waals surface area contributed by atoms with Crippen LogP contribution in [-0.4, -0.2) is 47.6 Å². The number of guanidine groups is 1. The number of alkyl carbamates (subject to hydrolysis) is 1. The lowest BCUT2D eigenvalue weighted by Gasteiger charge is -2.22. The molecule has 0 saturated carbocycles. The number of nitrogens with two attached hydrogens (primary N) is 3. The van der Waals surface area contributed by atoms with E-state index in [2.05, 4.69) is 15.6 Å². The number of hydrogen-bond donors (Lipinski definition) is 6. The highest BCUT2D eigenvalue weighted by Gasteiger charge is 2.26. The van der Waals surface area contributed by atoms with Crippen LogP contribution in [-0.2, 0) is 27.4 Å². The van der Waals surface area contributed by atoms with Crippen molar-refractivity contribution in [3.63, 3.8) is 0 Å². The predicted octanol–water partition coefficient (Wildman–Crippen LogP) is 0.253. The number of nitrogens with zero attached hydrogens (tertiary/aromatic N) is 1. The monoisotopic (exact) mass is 470 g/mol. The van der Waals surface area contributed by atoms with Crippen LogP contribution in [0.4, 0.5) is 4.79 Å². The van der Waals surface area contributed by atoms with Crippen LogP contribution in [0, 0.1) is 0 Å². The van der Waals surface area contributed by atoms with Gasteiger partial charge in [0.25, 0.3) is 0 Å². The smallest absolute Gasteiger partial charge is 0.408 e. The number of ether oxygens (including phenoxy) is 1. The van der Waals surface area contributed by atoms with Crippen LogP contribution in [0.1, 0.15) is 24.0 Å². The summed E-state index contributed by atoms with van der Waals surface area (Å²) in [5.74, 6) is -1.36. The van der Waals surface area contributed by atoms with E-state index in [9.17, 15) is 19.5 Å². The van der Waals surface area contributed by atoms with E-state index in [0.29, 0.717) is 12.0 Å². The minimum absolute atomic E-state index is 0.0227. The highest BCUT2D eigenvalue weighted by atomic mass is 16.5. The Morgan fingerprint density at radius 2 is 1.59 bits per heavy atom. The molecule has 0 spiro atoms. The van der Waals surface area contributed by atoms with Crippen LogP contribution in [0.3, 0.4) is 0 Å². The molecular weight excluding hydrogens is 440 g/mol. The van der Waals surface area contributed by atoms with Gasteiger partial charge in [-0.2, -0.15) is 0 Å². The van der Waals surface area contributed by atoms with Crippen molar-refractivity contribution in [2.24, 2.45) is 22.2 Å². The van der Waals surface area contributed by atoms with Gasteiger partial charge >= 0.3 is 6.09 Å². The van der Waals surface area contributed by atoms with Gasteiger partial charge in [0, 0.05) is 13.0 Å². The number of amides is 3. The molecule has 3 amide bonds. The summed E-state index contributed by atoms with van der Waals surface area (Å²) in [6, 6.07) is 13.2. The zero-order valence-corrected chi connectivity index (χ0v) is 18.6. The standard InChI is InChI=1S/C23H30N6O5/c24-20(31)18(7-4-12-27-22(25)26)28-21(32)19(13-15-8-10-17(30)11-9-15)29-23(33)34-14-16-5-2-1-3-6-16/h1-3,5-6,8-11,18-19,30H,4,7,12-14H2,(H2,24,31)(H,28,32)(H,29,33)(H4,25,26,27). The van der Waals surface area contributed by atoms with Crippen molar-refractivity contribution in [2.75, 3.05) is 6.54 Å². The van der Waals surface area contributed by atoms with Crippen LogP contribution in [0.2, 0.25) is 0 Å². The number of aromatic hydroxyl groups is 1. The molecule has 0 heterocycles. The summed E-state index contributed by atoms with van der Waals surface area (Å²) < 4.78 is 5.22. The number of aliphatic imine (C=N–C) groups is 1. The van der Waals surface area contributed by atoms with Gasteiger partial charge in [0.05, 0.1) is 0 Å². The molecule has 2 aromatic rings. The zero-order valence-electron chi connectivity index (χ0n) is 18.6. The third-order valence-corrected chi connectivity index (χ3v) is 4.80. The van der Waals surface area contributed by atoms with Gasteiger partial charge in [-0.05, 0) is 36.1 Å². The van der Waals surface area contributed by atoms with Gasteiger partial charge < -0.3 is 37.7 Å². The Bertz CT molecular complexity index is 977. The number of carbonyl (C=O) groups is 3. The topological polar surface area (TPSA) is 195 Å². The molecule has 182 valence electrons. The molecule has 0 radical (unpaired) electrons. The number of nitrogens with one attached hydrogen (secondary N) is 2. The summed E-state index contributed by atoms with van der Waals surface area (Å²) in [4.78, 5) is 41.0. The summed E-state index contributed by atoms with van der Waals surface area (Å²) >= 11 is 0. The molecule has 0 fully saturated rings. The van der Waals surface area contributed by atoms with E-state index in [1.54, 1.807) is 24.3 Å².